The smallest absolute Gasteiger partial charge is 0.159 e. The second-order valence-corrected chi connectivity index (χ2v) is 3.35. The van der Waals surface area contributed by atoms with Crippen LogP contribution < -0.4 is 0 Å². The van der Waals surface area contributed by atoms with Crippen LogP contribution in [0.25, 0.3) is 0 Å². The van der Waals surface area contributed by atoms with Gasteiger partial charge in [0.15, 0.2) is 5.78 Å². The standard InChI is InChI=1S/C13H12O2/c1-3-4-13(15)9-11-5-7-12(8-6-11)10(2)14/h1,5-8H,4,9H2,2H3. The minimum atomic E-state index is 0.0214. The Bertz CT molecular complexity index is 407. The van der Waals surface area contributed by atoms with Gasteiger partial charge in [0, 0.05) is 12.0 Å². The minimum Gasteiger partial charge on any atom is -0.298 e. The summed E-state index contributed by atoms with van der Waals surface area (Å²) in [6.07, 6.45) is 5.53. The fourth-order valence-electron chi connectivity index (χ4n) is 1.26. The molecule has 0 aromatic heterocycles. The summed E-state index contributed by atoms with van der Waals surface area (Å²) in [6, 6.07) is 7.01. The predicted molar refractivity (Wildman–Crippen MR) is 58.6 cm³/mol. The van der Waals surface area contributed by atoms with E-state index >= 15 is 0 Å². The van der Waals surface area contributed by atoms with Crippen molar-refractivity contribution in [2.75, 3.05) is 0 Å². The molecular formula is C13H12O2. The van der Waals surface area contributed by atoms with E-state index in [1.165, 1.54) is 6.92 Å². The van der Waals surface area contributed by atoms with Crippen molar-refractivity contribution in [2.45, 2.75) is 19.8 Å². The van der Waals surface area contributed by atoms with Crippen molar-refractivity contribution in [3.8, 4) is 12.3 Å². The van der Waals surface area contributed by atoms with Crippen molar-refractivity contribution in [3.63, 3.8) is 0 Å². The number of benzene rings is 1. The van der Waals surface area contributed by atoms with E-state index in [4.69, 9.17) is 6.42 Å². The third-order valence-electron chi connectivity index (χ3n) is 2.06. The van der Waals surface area contributed by atoms with Gasteiger partial charge in [0.2, 0.25) is 0 Å². The molecule has 0 N–H and O–H groups in total. The first kappa shape index (κ1) is 11.2. The summed E-state index contributed by atoms with van der Waals surface area (Å²) < 4.78 is 0. The van der Waals surface area contributed by atoms with E-state index < -0.39 is 0 Å². The molecule has 0 aliphatic carbocycles. The maximum Gasteiger partial charge on any atom is 0.159 e. The number of carbonyl (C=O) groups is 2. The van der Waals surface area contributed by atoms with Gasteiger partial charge in [-0.3, -0.25) is 9.59 Å². The Kier molecular flexibility index (Phi) is 3.82. The quantitative estimate of drug-likeness (QED) is 0.550. The second-order valence-electron chi connectivity index (χ2n) is 3.35. The first-order valence-electron chi connectivity index (χ1n) is 4.68. The second kappa shape index (κ2) is 5.11. The zero-order chi connectivity index (χ0) is 11.3. The summed E-state index contributed by atoms with van der Waals surface area (Å²) in [5.41, 5.74) is 1.54. The summed E-state index contributed by atoms with van der Waals surface area (Å²) in [4.78, 5) is 22.2. The molecule has 0 saturated carbocycles. The normalized spacial score (nSPS) is 9.33. The fourth-order valence-corrected chi connectivity index (χ4v) is 1.26. The lowest BCUT2D eigenvalue weighted by Gasteiger charge is -2.00. The summed E-state index contributed by atoms with van der Waals surface area (Å²) in [5, 5.41) is 0. The molecule has 1 rings (SSSR count). The van der Waals surface area contributed by atoms with Crippen LogP contribution in [-0.4, -0.2) is 11.6 Å². The largest absolute Gasteiger partial charge is 0.298 e. The third kappa shape index (κ3) is 3.40. The van der Waals surface area contributed by atoms with E-state index in [0.717, 1.165) is 5.56 Å². The topological polar surface area (TPSA) is 34.1 Å². The Hall–Kier alpha value is -1.88. The van der Waals surface area contributed by atoms with E-state index in [2.05, 4.69) is 5.92 Å². The van der Waals surface area contributed by atoms with Gasteiger partial charge < -0.3 is 0 Å². The van der Waals surface area contributed by atoms with Crippen molar-refractivity contribution in [1.29, 1.82) is 0 Å². The highest BCUT2D eigenvalue weighted by Crippen LogP contribution is 2.06. The molecule has 0 unspecified atom stereocenters. The number of rotatable bonds is 4. The maximum atomic E-state index is 11.2. The average molecular weight is 200 g/mol. The van der Waals surface area contributed by atoms with Crippen molar-refractivity contribution in [3.05, 3.63) is 35.4 Å². The van der Waals surface area contributed by atoms with Crippen LogP contribution in [-0.2, 0) is 11.2 Å². The van der Waals surface area contributed by atoms with Crippen molar-refractivity contribution >= 4 is 11.6 Å². The average Bonchev–Trinajstić information content (AvgIpc) is 2.18. The van der Waals surface area contributed by atoms with E-state index in [-0.39, 0.29) is 18.0 Å². The Balaban J connectivity index is 2.69. The number of terminal acetylenes is 1. The van der Waals surface area contributed by atoms with Crippen LogP contribution in [0.1, 0.15) is 29.3 Å². The van der Waals surface area contributed by atoms with Crippen LogP contribution in [0.5, 0.6) is 0 Å². The van der Waals surface area contributed by atoms with Gasteiger partial charge in [-0.15, -0.1) is 6.42 Å². The molecule has 0 radical (unpaired) electrons. The number of hydrogen-bond donors (Lipinski definition) is 0. The van der Waals surface area contributed by atoms with Crippen molar-refractivity contribution in [1.82, 2.24) is 0 Å². The first-order chi connectivity index (χ1) is 7.13. The predicted octanol–water partition coefficient (Wildman–Crippen LogP) is 2.02. The van der Waals surface area contributed by atoms with Crippen LogP contribution in [0.2, 0.25) is 0 Å². The van der Waals surface area contributed by atoms with Gasteiger partial charge in [-0.25, -0.2) is 0 Å². The van der Waals surface area contributed by atoms with Gasteiger partial charge in [-0.2, -0.15) is 0 Å². The monoisotopic (exact) mass is 200 g/mol. The number of ketones is 2. The summed E-state index contributed by atoms with van der Waals surface area (Å²) >= 11 is 0. The molecule has 2 nitrogen and oxygen atoms in total. The molecule has 0 atom stereocenters. The maximum absolute atomic E-state index is 11.2. The van der Waals surface area contributed by atoms with Gasteiger partial charge in [0.1, 0.15) is 5.78 Å². The van der Waals surface area contributed by atoms with Gasteiger partial charge in [-0.05, 0) is 12.5 Å². The molecule has 0 amide bonds. The molecule has 76 valence electrons. The first-order valence-corrected chi connectivity index (χ1v) is 4.68. The fraction of sp³-hybridized carbons (Fsp3) is 0.231. The molecule has 0 aliphatic rings. The molecule has 0 saturated heterocycles. The Morgan fingerprint density at radius 3 is 2.33 bits per heavy atom. The Morgan fingerprint density at radius 2 is 1.87 bits per heavy atom. The number of hydrogen-bond acceptors (Lipinski definition) is 2. The molecular weight excluding hydrogens is 188 g/mol. The Morgan fingerprint density at radius 1 is 1.27 bits per heavy atom. The molecule has 0 heterocycles. The van der Waals surface area contributed by atoms with Crippen LogP contribution in [0.3, 0.4) is 0 Å². The van der Waals surface area contributed by atoms with Crippen LogP contribution in [0.4, 0.5) is 0 Å². The zero-order valence-corrected chi connectivity index (χ0v) is 8.62. The molecule has 2 heteroatoms. The van der Waals surface area contributed by atoms with Crippen LogP contribution in [0.15, 0.2) is 24.3 Å². The van der Waals surface area contributed by atoms with Crippen LogP contribution >= 0.6 is 0 Å². The van der Waals surface area contributed by atoms with Crippen molar-refractivity contribution < 1.29 is 9.59 Å². The molecule has 15 heavy (non-hydrogen) atoms. The highest BCUT2D eigenvalue weighted by atomic mass is 16.1. The molecule has 0 bridgehead atoms. The zero-order valence-electron chi connectivity index (χ0n) is 8.62. The summed E-state index contributed by atoms with van der Waals surface area (Å²) in [7, 11) is 0. The molecule has 0 aliphatic heterocycles. The lowest BCUT2D eigenvalue weighted by atomic mass is 10.0. The highest BCUT2D eigenvalue weighted by Gasteiger charge is 2.03. The van der Waals surface area contributed by atoms with Gasteiger partial charge in [0.05, 0.1) is 6.42 Å². The SMILES string of the molecule is C#CCC(=O)Cc1ccc(C(C)=O)cc1. The lowest BCUT2D eigenvalue weighted by molar-refractivity contribution is -0.117. The third-order valence-corrected chi connectivity index (χ3v) is 2.06. The number of Topliss-reactive ketones (excluding diaryl/α,β-unsaturated/α-hetero) is 2. The molecule has 0 fully saturated rings. The van der Waals surface area contributed by atoms with E-state index in [0.29, 0.717) is 12.0 Å². The number of carbonyl (C=O) groups excluding carboxylic acids is 2. The lowest BCUT2D eigenvalue weighted by Crippen LogP contribution is -2.01. The minimum absolute atomic E-state index is 0.0214. The van der Waals surface area contributed by atoms with Crippen molar-refractivity contribution in [2.24, 2.45) is 0 Å². The van der Waals surface area contributed by atoms with Gasteiger partial charge in [0.25, 0.3) is 0 Å². The van der Waals surface area contributed by atoms with Crippen LogP contribution in [0, 0.1) is 12.3 Å². The molecule has 0 spiro atoms. The Labute approximate surface area is 89.3 Å². The highest BCUT2D eigenvalue weighted by molar-refractivity contribution is 5.94. The molecule has 1 aromatic rings. The van der Waals surface area contributed by atoms with Gasteiger partial charge in [-0.1, -0.05) is 30.2 Å². The molecule has 1 aromatic carbocycles. The van der Waals surface area contributed by atoms with E-state index in [1.54, 1.807) is 24.3 Å². The van der Waals surface area contributed by atoms with E-state index in [1.807, 2.05) is 0 Å². The van der Waals surface area contributed by atoms with Gasteiger partial charge >= 0.3 is 0 Å². The van der Waals surface area contributed by atoms with E-state index in [9.17, 15) is 9.59 Å². The summed E-state index contributed by atoms with van der Waals surface area (Å²) in [6.45, 7) is 1.51. The summed E-state index contributed by atoms with van der Waals surface area (Å²) in [5.74, 6) is 2.36.